The molecule has 0 amide bonds. The number of aliphatic hydroxyl groups excluding tert-OH is 3. The van der Waals surface area contributed by atoms with E-state index in [1.54, 1.807) is 12.1 Å². The zero-order valence-corrected chi connectivity index (χ0v) is 15.3. The number of nitrogens with zero attached hydrogens (tertiary/aromatic N) is 4. The minimum atomic E-state index is -1.26. The van der Waals surface area contributed by atoms with E-state index in [0.29, 0.717) is 21.9 Å². The van der Waals surface area contributed by atoms with Gasteiger partial charge in [-0.3, -0.25) is 4.57 Å². The Bertz CT molecular complexity index is 986. The first kappa shape index (κ1) is 19.0. The molecule has 1 aliphatic heterocycles. The Morgan fingerprint density at radius 3 is 2.61 bits per heavy atom. The number of imidazole rings is 1. The zero-order valence-electron chi connectivity index (χ0n) is 14.5. The topological polar surface area (TPSA) is 140 Å². The van der Waals surface area contributed by atoms with Crippen LogP contribution in [0.2, 0.25) is 0 Å². The second kappa shape index (κ2) is 7.60. The molecule has 2 aromatic heterocycles. The second-order valence-electron chi connectivity index (χ2n) is 6.36. The number of hydrogen-bond donors (Lipinski definition) is 4. The average molecular weight is 407 g/mol. The molecule has 0 unspecified atom stereocenters. The molecule has 0 bridgehead atoms. The molecular formula is C17H18FN5O4S. The molecule has 1 aliphatic rings. The fraction of sp³-hybridized carbons (Fsp3) is 0.353. The summed E-state index contributed by atoms with van der Waals surface area (Å²) in [6.45, 7) is -0.433. The number of nitrogen functional groups attached to an aromatic ring is 1. The molecular weight excluding hydrogens is 389 g/mol. The van der Waals surface area contributed by atoms with Crippen molar-refractivity contribution in [2.45, 2.75) is 35.3 Å². The van der Waals surface area contributed by atoms with E-state index in [1.165, 1.54) is 34.8 Å². The van der Waals surface area contributed by atoms with Gasteiger partial charge in [-0.05, 0) is 17.7 Å². The van der Waals surface area contributed by atoms with Gasteiger partial charge in [-0.25, -0.2) is 14.4 Å². The number of anilines is 1. The van der Waals surface area contributed by atoms with Gasteiger partial charge in [-0.1, -0.05) is 23.9 Å². The smallest absolute Gasteiger partial charge is 0.223 e. The highest BCUT2D eigenvalue weighted by Crippen LogP contribution is 2.34. The number of hydrogen-bond acceptors (Lipinski definition) is 9. The summed E-state index contributed by atoms with van der Waals surface area (Å²) in [7, 11) is 0. The highest BCUT2D eigenvalue weighted by molar-refractivity contribution is 7.98. The lowest BCUT2D eigenvalue weighted by Gasteiger charge is -2.16. The summed E-state index contributed by atoms with van der Waals surface area (Å²) in [6.07, 6.45) is -2.97. The molecule has 0 aliphatic carbocycles. The van der Waals surface area contributed by atoms with Gasteiger partial charge in [0.25, 0.3) is 0 Å². The van der Waals surface area contributed by atoms with Crippen LogP contribution < -0.4 is 5.73 Å². The van der Waals surface area contributed by atoms with Crippen LogP contribution in [0.1, 0.15) is 11.8 Å². The van der Waals surface area contributed by atoms with Gasteiger partial charge in [-0.2, -0.15) is 4.98 Å². The molecule has 1 fully saturated rings. The van der Waals surface area contributed by atoms with Gasteiger partial charge in [0.2, 0.25) is 5.95 Å². The van der Waals surface area contributed by atoms with E-state index in [9.17, 15) is 19.7 Å². The van der Waals surface area contributed by atoms with Gasteiger partial charge in [0, 0.05) is 5.75 Å². The number of rotatable bonds is 5. The van der Waals surface area contributed by atoms with E-state index in [2.05, 4.69) is 15.0 Å². The van der Waals surface area contributed by atoms with Crippen molar-refractivity contribution in [1.82, 2.24) is 19.5 Å². The number of fused-ring (bicyclic) bond motifs is 1. The molecule has 11 heteroatoms. The van der Waals surface area contributed by atoms with E-state index in [4.69, 9.17) is 10.5 Å². The molecule has 148 valence electrons. The Morgan fingerprint density at radius 1 is 1.18 bits per heavy atom. The summed E-state index contributed by atoms with van der Waals surface area (Å²) in [5.74, 6) is 0.231. The van der Waals surface area contributed by atoms with Crippen LogP contribution in [-0.2, 0) is 10.5 Å². The third-order valence-electron chi connectivity index (χ3n) is 4.49. The molecule has 4 atom stereocenters. The number of thioether (sulfide) groups is 1. The van der Waals surface area contributed by atoms with Crippen LogP contribution >= 0.6 is 11.8 Å². The van der Waals surface area contributed by atoms with Crippen LogP contribution in [0.3, 0.4) is 0 Å². The molecule has 9 nitrogen and oxygen atoms in total. The Morgan fingerprint density at radius 2 is 1.93 bits per heavy atom. The molecule has 5 N–H and O–H groups in total. The lowest BCUT2D eigenvalue weighted by atomic mass is 10.1. The van der Waals surface area contributed by atoms with Gasteiger partial charge in [0.1, 0.15) is 34.7 Å². The third-order valence-corrected chi connectivity index (χ3v) is 5.52. The normalized spacial score (nSPS) is 24.9. The highest BCUT2D eigenvalue weighted by Gasteiger charge is 2.44. The molecule has 0 radical (unpaired) electrons. The molecule has 3 aromatic rings. The van der Waals surface area contributed by atoms with E-state index >= 15 is 0 Å². The predicted molar refractivity (Wildman–Crippen MR) is 98.7 cm³/mol. The number of aliphatic hydroxyl groups is 3. The standard InChI is InChI=1S/C17H18FN5O4S/c18-9-3-1-8(2-4-9)6-28-15-11-14(21-17(19)22-15)23(7-20-11)16-13(26)12(25)10(5-24)27-16/h1-4,7,10,12-13,16,24-26H,5-6H2,(H2,19,21,22)/t10-,12-,13-,16-/m1/s1. The predicted octanol–water partition coefficient (Wildman–Crippen LogP) is 0.451. The second-order valence-corrected chi connectivity index (χ2v) is 7.32. The van der Waals surface area contributed by atoms with Gasteiger partial charge in [0.05, 0.1) is 12.9 Å². The summed E-state index contributed by atoms with van der Waals surface area (Å²) in [4.78, 5) is 12.7. The molecule has 1 aromatic carbocycles. The molecule has 28 heavy (non-hydrogen) atoms. The number of halogens is 1. The largest absolute Gasteiger partial charge is 0.394 e. The summed E-state index contributed by atoms with van der Waals surface area (Å²) >= 11 is 1.36. The Kier molecular flexibility index (Phi) is 5.17. The van der Waals surface area contributed by atoms with Crippen molar-refractivity contribution in [2.75, 3.05) is 12.3 Å². The van der Waals surface area contributed by atoms with Crippen molar-refractivity contribution in [3.8, 4) is 0 Å². The minimum absolute atomic E-state index is 0.0163. The van der Waals surface area contributed by atoms with Crippen molar-refractivity contribution in [3.63, 3.8) is 0 Å². The summed E-state index contributed by atoms with van der Waals surface area (Å²) in [5, 5.41) is 30.0. The van der Waals surface area contributed by atoms with E-state index in [0.717, 1.165) is 5.56 Å². The number of nitrogens with two attached hydrogens (primary N) is 1. The zero-order chi connectivity index (χ0) is 19.8. The van der Waals surface area contributed by atoms with Crippen molar-refractivity contribution < 1.29 is 24.4 Å². The lowest BCUT2D eigenvalue weighted by molar-refractivity contribution is -0.0511. The Labute approximate surface area is 163 Å². The van der Waals surface area contributed by atoms with E-state index in [1.807, 2.05) is 0 Å². The van der Waals surface area contributed by atoms with Gasteiger partial charge in [0.15, 0.2) is 11.9 Å². The average Bonchev–Trinajstić information content (AvgIpc) is 3.22. The monoisotopic (exact) mass is 407 g/mol. The van der Waals surface area contributed by atoms with Crippen molar-refractivity contribution in [1.29, 1.82) is 0 Å². The van der Waals surface area contributed by atoms with Crippen molar-refractivity contribution in [3.05, 3.63) is 42.0 Å². The first-order valence-electron chi connectivity index (χ1n) is 8.47. The first-order valence-corrected chi connectivity index (χ1v) is 9.46. The van der Waals surface area contributed by atoms with Crippen LogP contribution in [0.4, 0.5) is 10.3 Å². The SMILES string of the molecule is Nc1nc(SCc2ccc(F)cc2)c2ncn([C@@H]3O[C@H](CO)[C@@H](O)[C@H]3O)c2n1. The van der Waals surface area contributed by atoms with Crippen LogP contribution in [0, 0.1) is 5.82 Å². The number of ether oxygens (including phenoxy) is 1. The Hall–Kier alpha value is -2.31. The summed E-state index contributed by atoms with van der Waals surface area (Å²) in [5.41, 5.74) is 7.53. The molecule has 0 spiro atoms. The van der Waals surface area contributed by atoms with Crippen LogP contribution in [0.5, 0.6) is 0 Å². The summed E-state index contributed by atoms with van der Waals surface area (Å²) < 4.78 is 20.0. The number of benzene rings is 1. The third kappa shape index (κ3) is 3.42. The molecule has 0 saturated carbocycles. The quantitative estimate of drug-likeness (QED) is 0.351. The highest BCUT2D eigenvalue weighted by atomic mass is 32.2. The molecule has 3 heterocycles. The minimum Gasteiger partial charge on any atom is -0.394 e. The maximum Gasteiger partial charge on any atom is 0.223 e. The fourth-order valence-electron chi connectivity index (χ4n) is 3.04. The van der Waals surface area contributed by atoms with Crippen LogP contribution in [0.15, 0.2) is 35.6 Å². The van der Waals surface area contributed by atoms with Crippen molar-refractivity contribution in [2.24, 2.45) is 0 Å². The van der Waals surface area contributed by atoms with Gasteiger partial charge >= 0.3 is 0 Å². The van der Waals surface area contributed by atoms with Crippen LogP contribution in [-0.4, -0.2) is 59.8 Å². The lowest BCUT2D eigenvalue weighted by Crippen LogP contribution is -2.33. The fourth-order valence-corrected chi connectivity index (χ4v) is 3.97. The van der Waals surface area contributed by atoms with Gasteiger partial charge < -0.3 is 25.8 Å². The maximum absolute atomic E-state index is 13.1. The Balaban J connectivity index is 1.64. The molecule has 4 rings (SSSR count). The molecule has 1 saturated heterocycles. The van der Waals surface area contributed by atoms with Crippen molar-refractivity contribution >= 4 is 28.9 Å². The van der Waals surface area contributed by atoms with Crippen LogP contribution in [0.25, 0.3) is 11.2 Å². The number of aromatic nitrogens is 4. The van der Waals surface area contributed by atoms with E-state index in [-0.39, 0.29) is 11.8 Å². The van der Waals surface area contributed by atoms with E-state index < -0.39 is 31.1 Å². The van der Waals surface area contributed by atoms with Gasteiger partial charge in [-0.15, -0.1) is 0 Å². The summed E-state index contributed by atoms with van der Waals surface area (Å²) in [6, 6.07) is 6.14. The maximum atomic E-state index is 13.1. The first-order chi connectivity index (χ1) is 13.5.